The van der Waals surface area contributed by atoms with Gasteiger partial charge < -0.3 is 10.4 Å². The number of aromatic nitrogens is 1. The zero-order valence-corrected chi connectivity index (χ0v) is 11.8. The normalized spacial score (nSPS) is 12.6. The molecular formula is C12H12Cl2N2OS. The van der Waals surface area contributed by atoms with E-state index in [1.807, 2.05) is 5.38 Å². The van der Waals surface area contributed by atoms with Crippen molar-refractivity contribution in [2.75, 3.05) is 6.54 Å². The Morgan fingerprint density at radius 1 is 1.39 bits per heavy atom. The standard InChI is InChI=1S/C12H12Cl2N2OS/c13-8-1-2-10(11(14)3-8)12(17)5-15-4-9-6-18-7-16-9/h1-3,6-7,12,15,17H,4-5H2. The number of thiazole rings is 1. The van der Waals surface area contributed by atoms with Crippen molar-refractivity contribution in [3.63, 3.8) is 0 Å². The van der Waals surface area contributed by atoms with Crippen LogP contribution in [0.1, 0.15) is 17.4 Å². The van der Waals surface area contributed by atoms with Gasteiger partial charge in [0.25, 0.3) is 0 Å². The Hall–Kier alpha value is -0.650. The van der Waals surface area contributed by atoms with E-state index in [0.717, 1.165) is 5.69 Å². The molecule has 0 aliphatic heterocycles. The van der Waals surface area contributed by atoms with Gasteiger partial charge in [0.15, 0.2) is 0 Å². The SMILES string of the molecule is OC(CNCc1cscn1)c1ccc(Cl)cc1Cl. The molecule has 3 nitrogen and oxygen atoms in total. The fourth-order valence-electron chi connectivity index (χ4n) is 1.54. The van der Waals surface area contributed by atoms with Crippen LogP contribution < -0.4 is 5.32 Å². The van der Waals surface area contributed by atoms with Crippen LogP contribution >= 0.6 is 34.5 Å². The summed E-state index contributed by atoms with van der Waals surface area (Å²) in [7, 11) is 0. The first-order chi connectivity index (χ1) is 8.66. The maximum absolute atomic E-state index is 10.0. The quantitative estimate of drug-likeness (QED) is 0.891. The Bertz CT molecular complexity index is 505. The second-order valence-corrected chi connectivity index (χ2v) is 5.35. The van der Waals surface area contributed by atoms with Crippen LogP contribution in [-0.2, 0) is 6.54 Å². The second-order valence-electron chi connectivity index (χ2n) is 3.79. The molecular weight excluding hydrogens is 291 g/mol. The molecule has 1 atom stereocenters. The number of aliphatic hydroxyl groups excluding tert-OH is 1. The van der Waals surface area contributed by atoms with Crippen molar-refractivity contribution in [1.82, 2.24) is 10.3 Å². The van der Waals surface area contributed by atoms with Gasteiger partial charge in [0, 0.05) is 34.1 Å². The van der Waals surface area contributed by atoms with Crippen molar-refractivity contribution >= 4 is 34.5 Å². The summed E-state index contributed by atoms with van der Waals surface area (Å²) in [6.45, 7) is 1.05. The molecule has 0 saturated heterocycles. The summed E-state index contributed by atoms with van der Waals surface area (Å²) in [4.78, 5) is 4.15. The third-order valence-corrected chi connectivity index (χ3v) is 3.65. The molecule has 1 aromatic carbocycles. The Morgan fingerprint density at radius 2 is 2.22 bits per heavy atom. The monoisotopic (exact) mass is 302 g/mol. The summed E-state index contributed by atoms with van der Waals surface area (Å²) in [5, 5.41) is 16.1. The van der Waals surface area contributed by atoms with Gasteiger partial charge in [0.2, 0.25) is 0 Å². The van der Waals surface area contributed by atoms with Gasteiger partial charge in [-0.3, -0.25) is 0 Å². The smallest absolute Gasteiger partial charge is 0.0928 e. The molecule has 2 rings (SSSR count). The fourth-order valence-corrected chi connectivity index (χ4v) is 2.64. The number of hydrogen-bond acceptors (Lipinski definition) is 4. The topological polar surface area (TPSA) is 45.1 Å². The Kier molecular flexibility index (Phi) is 4.97. The van der Waals surface area contributed by atoms with Crippen LogP contribution in [-0.4, -0.2) is 16.6 Å². The predicted octanol–water partition coefficient (Wildman–Crippen LogP) is 3.27. The maximum Gasteiger partial charge on any atom is 0.0928 e. The average molecular weight is 303 g/mol. The average Bonchev–Trinajstić information content (AvgIpc) is 2.81. The summed E-state index contributed by atoms with van der Waals surface area (Å²) < 4.78 is 0. The molecule has 2 aromatic rings. The highest BCUT2D eigenvalue weighted by Gasteiger charge is 2.11. The zero-order valence-electron chi connectivity index (χ0n) is 9.44. The summed E-state index contributed by atoms with van der Waals surface area (Å²) in [5.41, 5.74) is 3.42. The lowest BCUT2D eigenvalue weighted by molar-refractivity contribution is 0.174. The van der Waals surface area contributed by atoms with E-state index in [1.165, 1.54) is 0 Å². The van der Waals surface area contributed by atoms with Crippen LogP contribution in [0.3, 0.4) is 0 Å². The number of aliphatic hydroxyl groups is 1. The molecule has 0 aliphatic carbocycles. The van der Waals surface area contributed by atoms with Crippen molar-refractivity contribution in [2.24, 2.45) is 0 Å². The lowest BCUT2D eigenvalue weighted by atomic mass is 10.1. The summed E-state index contributed by atoms with van der Waals surface area (Å²) in [6, 6.07) is 5.08. The van der Waals surface area contributed by atoms with Gasteiger partial charge >= 0.3 is 0 Å². The van der Waals surface area contributed by atoms with E-state index in [1.54, 1.807) is 35.0 Å². The number of hydrogen-bond donors (Lipinski definition) is 2. The van der Waals surface area contributed by atoms with Gasteiger partial charge in [-0.05, 0) is 12.1 Å². The lowest BCUT2D eigenvalue weighted by Crippen LogP contribution is -2.21. The van der Waals surface area contributed by atoms with Gasteiger partial charge in [-0.1, -0.05) is 29.3 Å². The van der Waals surface area contributed by atoms with Gasteiger partial charge in [0.1, 0.15) is 0 Å². The van der Waals surface area contributed by atoms with E-state index >= 15 is 0 Å². The zero-order chi connectivity index (χ0) is 13.0. The van der Waals surface area contributed by atoms with Crippen LogP contribution in [0.2, 0.25) is 10.0 Å². The Labute approximate surface area is 119 Å². The van der Waals surface area contributed by atoms with Gasteiger partial charge in [-0.2, -0.15) is 0 Å². The number of benzene rings is 1. The van der Waals surface area contributed by atoms with Crippen LogP contribution in [0.4, 0.5) is 0 Å². The molecule has 96 valence electrons. The van der Waals surface area contributed by atoms with Crippen LogP contribution in [0.5, 0.6) is 0 Å². The van der Waals surface area contributed by atoms with E-state index in [2.05, 4.69) is 10.3 Å². The first-order valence-corrected chi connectivity index (χ1v) is 7.07. The molecule has 0 bridgehead atoms. The lowest BCUT2D eigenvalue weighted by Gasteiger charge is -2.13. The molecule has 1 unspecified atom stereocenters. The van der Waals surface area contributed by atoms with E-state index in [-0.39, 0.29) is 0 Å². The minimum absolute atomic E-state index is 0.416. The molecule has 1 aromatic heterocycles. The van der Waals surface area contributed by atoms with Crippen molar-refractivity contribution in [1.29, 1.82) is 0 Å². The molecule has 0 spiro atoms. The third kappa shape index (κ3) is 3.67. The highest BCUT2D eigenvalue weighted by atomic mass is 35.5. The highest BCUT2D eigenvalue weighted by molar-refractivity contribution is 7.07. The second kappa shape index (κ2) is 6.50. The summed E-state index contributed by atoms with van der Waals surface area (Å²) >= 11 is 13.4. The first kappa shape index (κ1) is 13.8. The molecule has 2 N–H and O–H groups in total. The number of halogens is 2. The third-order valence-electron chi connectivity index (χ3n) is 2.45. The minimum Gasteiger partial charge on any atom is -0.387 e. The molecule has 0 fully saturated rings. The maximum atomic E-state index is 10.0. The summed E-state index contributed by atoms with van der Waals surface area (Å²) in [6.07, 6.45) is -0.659. The van der Waals surface area contributed by atoms with E-state index in [9.17, 15) is 5.11 Å². The predicted molar refractivity (Wildman–Crippen MR) is 75.2 cm³/mol. The highest BCUT2D eigenvalue weighted by Crippen LogP contribution is 2.25. The minimum atomic E-state index is -0.659. The number of rotatable bonds is 5. The molecule has 1 heterocycles. The summed E-state index contributed by atoms with van der Waals surface area (Å²) in [5.74, 6) is 0. The van der Waals surface area contributed by atoms with Crippen LogP contribution in [0.15, 0.2) is 29.1 Å². The number of nitrogens with one attached hydrogen (secondary N) is 1. The van der Waals surface area contributed by atoms with Crippen molar-refractivity contribution < 1.29 is 5.11 Å². The Morgan fingerprint density at radius 3 is 2.89 bits per heavy atom. The van der Waals surface area contributed by atoms with Crippen LogP contribution in [0, 0.1) is 0 Å². The van der Waals surface area contributed by atoms with Crippen LogP contribution in [0.25, 0.3) is 0 Å². The van der Waals surface area contributed by atoms with E-state index < -0.39 is 6.10 Å². The molecule has 0 amide bonds. The molecule has 18 heavy (non-hydrogen) atoms. The van der Waals surface area contributed by atoms with E-state index in [0.29, 0.717) is 28.7 Å². The van der Waals surface area contributed by atoms with Gasteiger partial charge in [0.05, 0.1) is 17.3 Å². The molecule has 6 heteroatoms. The molecule has 0 saturated carbocycles. The van der Waals surface area contributed by atoms with Crippen molar-refractivity contribution in [2.45, 2.75) is 12.6 Å². The van der Waals surface area contributed by atoms with Crippen molar-refractivity contribution in [3.8, 4) is 0 Å². The fraction of sp³-hybridized carbons (Fsp3) is 0.250. The largest absolute Gasteiger partial charge is 0.387 e. The van der Waals surface area contributed by atoms with E-state index in [4.69, 9.17) is 23.2 Å². The van der Waals surface area contributed by atoms with Gasteiger partial charge in [-0.15, -0.1) is 11.3 Å². The number of nitrogens with zero attached hydrogens (tertiary/aromatic N) is 1. The van der Waals surface area contributed by atoms with Gasteiger partial charge in [-0.25, -0.2) is 4.98 Å². The Balaban J connectivity index is 1.89. The van der Waals surface area contributed by atoms with Crippen molar-refractivity contribution in [3.05, 3.63) is 50.4 Å². The molecule has 0 radical (unpaired) electrons. The molecule has 0 aliphatic rings. The first-order valence-electron chi connectivity index (χ1n) is 5.37.